The first-order chi connectivity index (χ1) is 11.8. The van der Waals surface area contributed by atoms with Gasteiger partial charge in [-0.2, -0.15) is 0 Å². The van der Waals surface area contributed by atoms with Crippen LogP contribution in [0.1, 0.15) is 30.7 Å². The van der Waals surface area contributed by atoms with Crippen LogP contribution in [0.25, 0.3) is 0 Å². The van der Waals surface area contributed by atoms with Crippen molar-refractivity contribution in [3.63, 3.8) is 0 Å². The van der Waals surface area contributed by atoms with Gasteiger partial charge in [0.1, 0.15) is 0 Å². The number of halogens is 1. The highest BCUT2D eigenvalue weighted by Gasteiger charge is 2.56. The zero-order valence-electron chi connectivity index (χ0n) is 14.1. The third-order valence-electron chi connectivity index (χ3n) is 5.73. The Morgan fingerprint density at radius 2 is 1.92 bits per heavy atom. The average Bonchev–Trinajstić information content (AvgIpc) is 2.89. The van der Waals surface area contributed by atoms with Gasteiger partial charge in [-0.05, 0) is 49.4 Å². The zero-order chi connectivity index (χ0) is 18.2. The second-order valence-electron chi connectivity index (χ2n) is 7.17. The summed E-state index contributed by atoms with van der Waals surface area (Å²) in [7, 11) is 1.99. The highest BCUT2D eigenvalue weighted by atomic mass is 79.9. The van der Waals surface area contributed by atoms with Crippen molar-refractivity contribution >= 4 is 27.9 Å². The Hall–Kier alpha value is -1.66. The predicted molar refractivity (Wildman–Crippen MR) is 97.5 cm³/mol. The number of likely N-dealkylation sites (tertiary alicyclic amines) is 1. The second kappa shape index (κ2) is 6.92. The minimum Gasteiger partial charge on any atom is -0.478 e. The van der Waals surface area contributed by atoms with Gasteiger partial charge >= 0.3 is 11.9 Å². The Morgan fingerprint density at radius 1 is 1.24 bits per heavy atom. The molecule has 0 spiro atoms. The van der Waals surface area contributed by atoms with E-state index in [9.17, 15) is 19.8 Å². The summed E-state index contributed by atoms with van der Waals surface area (Å²) in [4.78, 5) is 25.5. The van der Waals surface area contributed by atoms with Gasteiger partial charge in [-0.3, -0.25) is 0 Å². The van der Waals surface area contributed by atoms with Crippen LogP contribution < -0.4 is 0 Å². The lowest BCUT2D eigenvalue weighted by Crippen LogP contribution is -2.44. The Balaban J connectivity index is 2.17. The summed E-state index contributed by atoms with van der Waals surface area (Å²) >= 11 is 3.44. The molecule has 3 rings (SSSR count). The van der Waals surface area contributed by atoms with Crippen LogP contribution >= 0.6 is 15.9 Å². The number of rotatable bonds is 4. The minimum atomic E-state index is -1.19. The monoisotopic (exact) mass is 407 g/mol. The van der Waals surface area contributed by atoms with E-state index in [1.807, 2.05) is 31.3 Å². The molecule has 0 unspecified atom stereocenters. The van der Waals surface area contributed by atoms with E-state index in [-0.39, 0.29) is 17.4 Å². The number of nitrogens with zero attached hydrogens (tertiary/aromatic N) is 1. The van der Waals surface area contributed by atoms with Crippen LogP contribution in [-0.2, 0) is 9.59 Å². The molecular weight excluding hydrogens is 386 g/mol. The summed E-state index contributed by atoms with van der Waals surface area (Å²) in [6.45, 7) is 1.38. The number of carboxylic acids is 2. The normalized spacial score (nSPS) is 30.1. The molecule has 1 aromatic rings. The van der Waals surface area contributed by atoms with E-state index in [2.05, 4.69) is 20.8 Å². The average molecular weight is 408 g/mol. The fourth-order valence-electron chi connectivity index (χ4n) is 4.92. The largest absolute Gasteiger partial charge is 0.478 e. The van der Waals surface area contributed by atoms with Crippen molar-refractivity contribution in [2.24, 2.45) is 11.3 Å². The zero-order valence-corrected chi connectivity index (χ0v) is 15.7. The van der Waals surface area contributed by atoms with Crippen LogP contribution in [0.4, 0.5) is 0 Å². The van der Waals surface area contributed by atoms with Gasteiger partial charge in [0.25, 0.3) is 0 Å². The van der Waals surface area contributed by atoms with Crippen LogP contribution in [0.15, 0.2) is 40.4 Å². The lowest BCUT2D eigenvalue weighted by atomic mass is 9.56. The number of hydrogen-bond acceptors (Lipinski definition) is 3. The molecule has 25 heavy (non-hydrogen) atoms. The molecule has 134 valence electrons. The predicted octanol–water partition coefficient (Wildman–Crippen LogP) is 3.36. The molecule has 2 N–H and O–H groups in total. The maximum Gasteiger partial charge on any atom is 0.332 e. The van der Waals surface area contributed by atoms with Crippen molar-refractivity contribution in [2.45, 2.75) is 25.2 Å². The van der Waals surface area contributed by atoms with Crippen molar-refractivity contribution in [2.75, 3.05) is 20.1 Å². The molecule has 0 bridgehead atoms. The molecule has 0 aromatic heterocycles. The SMILES string of the molecule is CN1C[C@@H]2CCC[C@@H](c3ccc(Br)cc3)[C@]2(C(=CC(=O)O)C(=O)O)C1. The van der Waals surface area contributed by atoms with Crippen LogP contribution in [0.2, 0.25) is 0 Å². The third kappa shape index (κ3) is 3.25. The summed E-state index contributed by atoms with van der Waals surface area (Å²) in [6, 6.07) is 7.98. The van der Waals surface area contributed by atoms with Gasteiger partial charge < -0.3 is 15.1 Å². The van der Waals surface area contributed by atoms with E-state index >= 15 is 0 Å². The molecule has 1 aliphatic heterocycles. The summed E-state index contributed by atoms with van der Waals surface area (Å²) in [5.41, 5.74) is 0.466. The highest BCUT2D eigenvalue weighted by Crippen LogP contribution is 2.58. The first-order valence-corrected chi connectivity index (χ1v) is 9.26. The molecule has 3 atom stereocenters. The van der Waals surface area contributed by atoms with E-state index < -0.39 is 17.4 Å². The van der Waals surface area contributed by atoms with Gasteiger partial charge in [0, 0.05) is 29.1 Å². The fourth-order valence-corrected chi connectivity index (χ4v) is 5.18. The fraction of sp³-hybridized carbons (Fsp3) is 0.474. The van der Waals surface area contributed by atoms with Gasteiger partial charge in [-0.25, -0.2) is 9.59 Å². The van der Waals surface area contributed by atoms with Crippen molar-refractivity contribution in [3.8, 4) is 0 Å². The summed E-state index contributed by atoms with van der Waals surface area (Å²) < 4.78 is 0.973. The quantitative estimate of drug-likeness (QED) is 0.748. The van der Waals surface area contributed by atoms with Crippen LogP contribution in [0, 0.1) is 11.3 Å². The standard InChI is InChI=1S/C19H22BrNO4/c1-21-10-13-3-2-4-15(12-5-7-14(20)8-6-12)19(13,11-21)16(18(24)25)9-17(22)23/h5-9,13,15H,2-4,10-11H2,1H3,(H,22,23)(H,24,25)/t13-,15-,19-/m0/s1. The Morgan fingerprint density at radius 3 is 2.52 bits per heavy atom. The van der Waals surface area contributed by atoms with Crippen molar-refractivity contribution < 1.29 is 19.8 Å². The van der Waals surface area contributed by atoms with Crippen molar-refractivity contribution in [1.82, 2.24) is 4.90 Å². The number of benzene rings is 1. The van der Waals surface area contributed by atoms with Gasteiger partial charge in [-0.1, -0.05) is 34.5 Å². The molecule has 1 heterocycles. The molecule has 6 heteroatoms. The molecule has 2 fully saturated rings. The number of carboxylic acid groups (broad SMARTS) is 2. The highest BCUT2D eigenvalue weighted by molar-refractivity contribution is 9.10. The lowest BCUT2D eigenvalue weighted by molar-refractivity contribution is -0.136. The van der Waals surface area contributed by atoms with Gasteiger partial charge in [-0.15, -0.1) is 0 Å². The number of aliphatic carboxylic acids is 2. The first-order valence-electron chi connectivity index (χ1n) is 8.47. The van der Waals surface area contributed by atoms with E-state index in [0.29, 0.717) is 6.54 Å². The van der Waals surface area contributed by atoms with E-state index in [1.165, 1.54) is 0 Å². The Bertz CT molecular complexity index is 715. The van der Waals surface area contributed by atoms with Crippen molar-refractivity contribution in [1.29, 1.82) is 0 Å². The van der Waals surface area contributed by atoms with Gasteiger partial charge in [0.2, 0.25) is 0 Å². The molecule has 5 nitrogen and oxygen atoms in total. The lowest BCUT2D eigenvalue weighted by Gasteiger charge is -2.46. The van der Waals surface area contributed by atoms with Crippen LogP contribution in [0.3, 0.4) is 0 Å². The molecule has 2 aliphatic rings. The Kier molecular flexibility index (Phi) is 5.02. The van der Waals surface area contributed by atoms with Crippen molar-refractivity contribution in [3.05, 3.63) is 46.0 Å². The molecule has 1 saturated carbocycles. The maximum absolute atomic E-state index is 12.1. The van der Waals surface area contributed by atoms with E-state index in [0.717, 1.165) is 41.9 Å². The smallest absolute Gasteiger partial charge is 0.332 e. The minimum absolute atomic E-state index is 0.00556. The summed E-state index contributed by atoms with van der Waals surface area (Å²) in [5, 5.41) is 19.1. The topological polar surface area (TPSA) is 77.8 Å². The number of fused-ring (bicyclic) bond motifs is 1. The van der Waals surface area contributed by atoms with E-state index in [1.54, 1.807) is 0 Å². The second-order valence-corrected chi connectivity index (χ2v) is 8.09. The molecular formula is C19H22BrNO4. The number of hydrogen-bond donors (Lipinski definition) is 2. The van der Waals surface area contributed by atoms with Crippen LogP contribution in [-0.4, -0.2) is 47.2 Å². The van der Waals surface area contributed by atoms with Crippen LogP contribution in [0.5, 0.6) is 0 Å². The maximum atomic E-state index is 12.1. The number of carbonyl (C=O) groups is 2. The molecule has 0 amide bonds. The molecule has 1 aliphatic carbocycles. The molecule has 1 saturated heterocycles. The third-order valence-corrected chi connectivity index (χ3v) is 6.26. The van der Waals surface area contributed by atoms with Gasteiger partial charge in [0.05, 0.1) is 5.57 Å². The summed E-state index contributed by atoms with van der Waals surface area (Å²) in [6.07, 6.45) is 3.75. The van der Waals surface area contributed by atoms with E-state index in [4.69, 9.17) is 0 Å². The summed E-state index contributed by atoms with van der Waals surface area (Å²) in [5.74, 6) is -2.15. The first kappa shape index (κ1) is 18.1. The molecule has 0 radical (unpaired) electrons. The Labute approximate surface area is 155 Å². The van der Waals surface area contributed by atoms with Gasteiger partial charge in [0.15, 0.2) is 0 Å². The molecule has 1 aromatic carbocycles.